The molecule has 1 atom stereocenters. The van der Waals surface area contributed by atoms with E-state index in [-0.39, 0.29) is 30.7 Å². The van der Waals surface area contributed by atoms with Crippen LogP contribution in [0.5, 0.6) is 5.75 Å². The molecule has 2 amide bonds. The van der Waals surface area contributed by atoms with E-state index in [9.17, 15) is 9.59 Å². The van der Waals surface area contributed by atoms with Crippen LogP contribution < -0.4 is 4.74 Å². The van der Waals surface area contributed by atoms with Crippen LogP contribution in [0.4, 0.5) is 0 Å². The van der Waals surface area contributed by atoms with Crippen molar-refractivity contribution in [3.8, 4) is 11.8 Å². The monoisotopic (exact) mass is 258 g/mol. The molecule has 19 heavy (non-hydrogen) atoms. The Morgan fingerprint density at radius 1 is 1.47 bits per heavy atom. The van der Waals surface area contributed by atoms with Gasteiger partial charge in [-0.2, -0.15) is 5.26 Å². The van der Waals surface area contributed by atoms with Crippen LogP contribution in [0.2, 0.25) is 0 Å². The SMILES string of the molecule is COc1ccc(CN2C(=O)CC(C)C2=O)cc1C#N. The average molecular weight is 258 g/mol. The molecule has 2 rings (SSSR count). The third-order valence-corrected chi connectivity index (χ3v) is 3.19. The molecule has 1 aliphatic heterocycles. The molecule has 1 fully saturated rings. The zero-order valence-corrected chi connectivity index (χ0v) is 10.8. The summed E-state index contributed by atoms with van der Waals surface area (Å²) in [4.78, 5) is 24.7. The summed E-state index contributed by atoms with van der Waals surface area (Å²) in [6.07, 6.45) is 0.264. The Labute approximate surface area is 111 Å². The molecule has 5 nitrogen and oxygen atoms in total. The second-order valence-electron chi connectivity index (χ2n) is 4.57. The van der Waals surface area contributed by atoms with Gasteiger partial charge in [0.15, 0.2) is 0 Å². The van der Waals surface area contributed by atoms with Crippen LogP contribution >= 0.6 is 0 Å². The van der Waals surface area contributed by atoms with Crippen LogP contribution in [-0.4, -0.2) is 23.8 Å². The Hall–Kier alpha value is -2.35. The fraction of sp³-hybridized carbons (Fsp3) is 0.357. The second-order valence-corrected chi connectivity index (χ2v) is 4.57. The lowest BCUT2D eigenvalue weighted by atomic mass is 10.1. The molecular weight excluding hydrogens is 244 g/mol. The summed E-state index contributed by atoms with van der Waals surface area (Å²) in [5.74, 6) is -0.0777. The van der Waals surface area contributed by atoms with Gasteiger partial charge in [0.1, 0.15) is 11.8 Å². The summed E-state index contributed by atoms with van der Waals surface area (Å²) in [6.45, 7) is 1.95. The number of methoxy groups -OCH3 is 1. The van der Waals surface area contributed by atoms with Gasteiger partial charge in [0.25, 0.3) is 0 Å². The third-order valence-electron chi connectivity index (χ3n) is 3.19. The van der Waals surface area contributed by atoms with Crippen molar-refractivity contribution in [2.24, 2.45) is 5.92 Å². The number of nitrogens with zero attached hydrogens (tertiary/aromatic N) is 2. The minimum absolute atomic E-state index is 0.153. The van der Waals surface area contributed by atoms with E-state index in [2.05, 4.69) is 0 Å². The van der Waals surface area contributed by atoms with Gasteiger partial charge >= 0.3 is 0 Å². The normalized spacial score (nSPS) is 18.6. The maximum absolute atomic E-state index is 11.8. The van der Waals surface area contributed by atoms with E-state index in [0.717, 1.165) is 5.56 Å². The number of benzene rings is 1. The van der Waals surface area contributed by atoms with E-state index in [4.69, 9.17) is 10.00 Å². The molecule has 0 aliphatic carbocycles. The van der Waals surface area contributed by atoms with Crippen LogP contribution in [0.15, 0.2) is 18.2 Å². The van der Waals surface area contributed by atoms with Crippen LogP contribution in [-0.2, 0) is 16.1 Å². The lowest BCUT2D eigenvalue weighted by molar-refractivity contribution is -0.139. The Kier molecular flexibility index (Phi) is 3.52. The molecular formula is C14H14N2O3. The fourth-order valence-electron chi connectivity index (χ4n) is 2.14. The van der Waals surface area contributed by atoms with E-state index in [0.29, 0.717) is 11.3 Å². The van der Waals surface area contributed by atoms with Crippen LogP contribution in [0.1, 0.15) is 24.5 Å². The lowest BCUT2D eigenvalue weighted by Crippen LogP contribution is -2.29. The van der Waals surface area contributed by atoms with Gasteiger partial charge in [0.05, 0.1) is 19.2 Å². The number of imide groups is 1. The topological polar surface area (TPSA) is 70.4 Å². The summed E-state index contributed by atoms with van der Waals surface area (Å²) < 4.78 is 5.05. The minimum Gasteiger partial charge on any atom is -0.495 e. The predicted octanol–water partition coefficient (Wildman–Crippen LogP) is 1.46. The van der Waals surface area contributed by atoms with E-state index >= 15 is 0 Å². The summed E-state index contributed by atoms with van der Waals surface area (Å²) in [6, 6.07) is 7.09. The maximum atomic E-state index is 11.8. The van der Waals surface area contributed by atoms with E-state index in [1.165, 1.54) is 12.0 Å². The van der Waals surface area contributed by atoms with Crippen molar-refractivity contribution in [1.29, 1.82) is 5.26 Å². The van der Waals surface area contributed by atoms with Crippen molar-refractivity contribution >= 4 is 11.8 Å². The first kappa shape index (κ1) is 13.1. The summed E-state index contributed by atoms with van der Waals surface area (Å²) in [5.41, 5.74) is 1.14. The lowest BCUT2D eigenvalue weighted by Gasteiger charge is -2.15. The summed E-state index contributed by atoms with van der Waals surface area (Å²) in [7, 11) is 1.49. The molecule has 0 saturated carbocycles. The number of nitriles is 1. The Bertz CT molecular complexity index is 575. The molecule has 1 aromatic carbocycles. The zero-order valence-electron chi connectivity index (χ0n) is 10.8. The number of carbonyl (C=O) groups is 2. The van der Waals surface area contributed by atoms with Gasteiger partial charge in [0.2, 0.25) is 11.8 Å². The zero-order chi connectivity index (χ0) is 14.0. The number of amides is 2. The largest absolute Gasteiger partial charge is 0.495 e. The van der Waals surface area contributed by atoms with Gasteiger partial charge in [0, 0.05) is 12.3 Å². The second kappa shape index (κ2) is 5.11. The number of hydrogen-bond donors (Lipinski definition) is 0. The van der Waals surface area contributed by atoms with Crippen LogP contribution in [0.25, 0.3) is 0 Å². The molecule has 5 heteroatoms. The molecule has 0 N–H and O–H groups in total. The minimum atomic E-state index is -0.249. The van der Waals surface area contributed by atoms with E-state index in [1.54, 1.807) is 25.1 Å². The van der Waals surface area contributed by atoms with Crippen molar-refractivity contribution in [1.82, 2.24) is 4.90 Å². The Balaban J connectivity index is 2.23. The summed E-state index contributed by atoms with van der Waals surface area (Å²) >= 11 is 0. The third kappa shape index (κ3) is 2.43. The van der Waals surface area contributed by atoms with Crippen molar-refractivity contribution < 1.29 is 14.3 Å². The highest BCUT2D eigenvalue weighted by Gasteiger charge is 2.35. The van der Waals surface area contributed by atoms with Crippen LogP contribution in [0.3, 0.4) is 0 Å². The molecule has 1 aliphatic rings. The smallest absolute Gasteiger partial charge is 0.232 e. The highest BCUT2D eigenvalue weighted by Crippen LogP contribution is 2.24. The number of rotatable bonds is 3. The Morgan fingerprint density at radius 3 is 2.74 bits per heavy atom. The summed E-state index contributed by atoms with van der Waals surface area (Å²) in [5, 5.41) is 9.00. The standard InChI is InChI=1S/C14H14N2O3/c1-9-5-13(17)16(14(9)18)8-10-3-4-12(19-2)11(6-10)7-15/h3-4,6,9H,5,8H2,1-2H3. The molecule has 1 aromatic rings. The maximum Gasteiger partial charge on any atom is 0.232 e. The first-order valence-electron chi connectivity index (χ1n) is 5.98. The first-order valence-corrected chi connectivity index (χ1v) is 5.98. The van der Waals surface area contributed by atoms with Crippen molar-refractivity contribution in [3.05, 3.63) is 29.3 Å². The van der Waals surface area contributed by atoms with Gasteiger partial charge in [-0.1, -0.05) is 13.0 Å². The van der Waals surface area contributed by atoms with E-state index < -0.39 is 0 Å². The molecule has 0 radical (unpaired) electrons. The quantitative estimate of drug-likeness (QED) is 0.769. The molecule has 1 saturated heterocycles. The number of carbonyl (C=O) groups excluding carboxylic acids is 2. The number of hydrogen-bond acceptors (Lipinski definition) is 4. The van der Waals surface area contributed by atoms with Gasteiger partial charge in [-0.25, -0.2) is 0 Å². The predicted molar refractivity (Wildman–Crippen MR) is 67.0 cm³/mol. The molecule has 1 heterocycles. The van der Waals surface area contributed by atoms with Gasteiger partial charge in [-0.15, -0.1) is 0 Å². The Morgan fingerprint density at radius 2 is 2.21 bits per heavy atom. The van der Waals surface area contributed by atoms with Crippen molar-refractivity contribution in [2.45, 2.75) is 19.9 Å². The molecule has 0 aromatic heterocycles. The van der Waals surface area contributed by atoms with Gasteiger partial charge < -0.3 is 4.74 Å². The number of likely N-dealkylation sites (tertiary alicyclic amines) is 1. The molecule has 98 valence electrons. The van der Waals surface area contributed by atoms with Crippen LogP contribution in [0, 0.1) is 17.2 Å². The number of ether oxygens (including phenoxy) is 1. The highest BCUT2D eigenvalue weighted by molar-refractivity contribution is 6.03. The van der Waals surface area contributed by atoms with Crippen molar-refractivity contribution in [3.63, 3.8) is 0 Å². The highest BCUT2D eigenvalue weighted by atomic mass is 16.5. The first-order chi connectivity index (χ1) is 9.06. The van der Waals surface area contributed by atoms with Gasteiger partial charge in [-0.05, 0) is 17.7 Å². The molecule has 1 unspecified atom stereocenters. The molecule has 0 bridgehead atoms. The van der Waals surface area contributed by atoms with Crippen molar-refractivity contribution in [2.75, 3.05) is 7.11 Å². The average Bonchev–Trinajstić information content (AvgIpc) is 2.65. The molecule has 0 spiro atoms. The van der Waals surface area contributed by atoms with Gasteiger partial charge in [-0.3, -0.25) is 14.5 Å². The fourth-order valence-corrected chi connectivity index (χ4v) is 2.14. The van der Waals surface area contributed by atoms with E-state index in [1.807, 2.05) is 6.07 Å².